The molecule has 0 fully saturated rings. The first kappa shape index (κ1) is 31.5. The number of benzene rings is 3. The average Bonchev–Trinajstić information content (AvgIpc) is 2.97. The molecule has 1 aliphatic rings. The summed E-state index contributed by atoms with van der Waals surface area (Å²) in [4.78, 5) is 9.05. The maximum Gasteiger partial charge on any atom is 0.0163 e. The topological polar surface area (TPSA) is 25.8 Å². The molecule has 3 heteroatoms. The average molecular weight is 729 g/mol. The summed E-state index contributed by atoms with van der Waals surface area (Å²) in [6.07, 6.45) is 3.77. The Hall–Kier alpha value is -3.39. The van der Waals surface area contributed by atoms with Gasteiger partial charge in [0.25, 0.3) is 0 Å². The van der Waals surface area contributed by atoms with Crippen molar-refractivity contribution in [1.82, 2.24) is 9.97 Å². The number of pyridine rings is 2. The first-order chi connectivity index (χ1) is 19.4. The Kier molecular flexibility index (Phi) is 9.07. The Balaban J connectivity index is 0.000000207. The van der Waals surface area contributed by atoms with Gasteiger partial charge in [-0.15, -0.1) is 70.8 Å². The van der Waals surface area contributed by atoms with Crippen LogP contribution >= 0.6 is 0 Å². The van der Waals surface area contributed by atoms with Gasteiger partial charge >= 0.3 is 0 Å². The predicted octanol–water partition coefficient (Wildman–Crippen LogP) is 9.67. The molecule has 2 aromatic heterocycles. The van der Waals surface area contributed by atoms with E-state index < -0.39 is 0 Å². The van der Waals surface area contributed by atoms with Crippen molar-refractivity contribution in [2.75, 3.05) is 0 Å². The van der Waals surface area contributed by atoms with Gasteiger partial charge in [0.05, 0.1) is 0 Å². The minimum absolute atomic E-state index is 0. The van der Waals surface area contributed by atoms with E-state index in [-0.39, 0.29) is 36.4 Å². The molecule has 2 heterocycles. The van der Waals surface area contributed by atoms with Crippen molar-refractivity contribution in [1.29, 1.82) is 0 Å². The Morgan fingerprint density at radius 1 is 0.643 bits per heavy atom. The molecule has 217 valence electrons. The minimum atomic E-state index is -0.0834. The SMILES string of the molecule is CC(C)(C)c1ccnc(-c2[c-]cccc2)c1.Cc1ccnc(-c2[c-]ccc3c2C(C)(C)c2ccccc2C3(C)C)c1.[Ir]. The molecule has 5 aromatic rings. The zero-order valence-corrected chi connectivity index (χ0v) is 28.4. The second kappa shape index (κ2) is 12.1. The Labute approximate surface area is 266 Å². The van der Waals surface area contributed by atoms with Crippen molar-refractivity contribution in [2.45, 2.75) is 71.6 Å². The molecule has 1 aliphatic carbocycles. The van der Waals surface area contributed by atoms with E-state index in [1.165, 1.54) is 33.4 Å². The molecule has 0 spiro atoms. The Morgan fingerprint density at radius 3 is 1.93 bits per heavy atom. The quantitative estimate of drug-likeness (QED) is 0.169. The monoisotopic (exact) mass is 729 g/mol. The van der Waals surface area contributed by atoms with Gasteiger partial charge in [-0.3, -0.25) is 0 Å². The van der Waals surface area contributed by atoms with Crippen molar-refractivity contribution in [3.8, 4) is 22.5 Å². The fraction of sp³-hybridized carbons (Fsp3) is 0.282. The normalized spacial score (nSPS) is 14.4. The van der Waals surface area contributed by atoms with Gasteiger partial charge in [0, 0.05) is 32.5 Å². The standard InChI is InChI=1S/C24H24N.C15H16N.Ir/c1-16-13-14-25-21(15-16)17-9-8-12-20-22(17)24(4,5)19-11-7-6-10-18(19)23(20,2)3;1-15(2,3)13-9-10-16-14(11-13)12-7-5-4-6-8-12;/h6-8,10-15H,1-5H3;4-7,9-11H,1-3H3;/q2*-1;. The van der Waals surface area contributed by atoms with Crippen LogP contribution in [0.4, 0.5) is 0 Å². The van der Waals surface area contributed by atoms with Gasteiger partial charge in [-0.1, -0.05) is 90.4 Å². The van der Waals surface area contributed by atoms with Crippen molar-refractivity contribution >= 4 is 0 Å². The van der Waals surface area contributed by atoms with Gasteiger partial charge < -0.3 is 9.97 Å². The predicted molar refractivity (Wildman–Crippen MR) is 171 cm³/mol. The second-order valence-corrected chi connectivity index (χ2v) is 13.1. The summed E-state index contributed by atoms with van der Waals surface area (Å²) in [5.74, 6) is 0. The van der Waals surface area contributed by atoms with Crippen LogP contribution in [0.3, 0.4) is 0 Å². The van der Waals surface area contributed by atoms with E-state index >= 15 is 0 Å². The van der Waals surface area contributed by atoms with Crippen molar-refractivity contribution < 1.29 is 20.1 Å². The Morgan fingerprint density at radius 2 is 1.29 bits per heavy atom. The van der Waals surface area contributed by atoms with E-state index in [1.807, 2.05) is 42.7 Å². The summed E-state index contributed by atoms with van der Waals surface area (Å²) >= 11 is 0. The van der Waals surface area contributed by atoms with E-state index in [0.717, 1.165) is 22.5 Å². The van der Waals surface area contributed by atoms with Crippen LogP contribution in [0, 0.1) is 19.1 Å². The number of hydrogen-bond acceptors (Lipinski definition) is 2. The van der Waals surface area contributed by atoms with Crippen LogP contribution in [0.2, 0.25) is 0 Å². The van der Waals surface area contributed by atoms with E-state index in [4.69, 9.17) is 0 Å². The zero-order valence-electron chi connectivity index (χ0n) is 26.0. The summed E-state index contributed by atoms with van der Waals surface area (Å²) < 4.78 is 0. The Bertz CT molecular complexity index is 1680. The van der Waals surface area contributed by atoms with Crippen LogP contribution in [0.15, 0.2) is 97.3 Å². The van der Waals surface area contributed by atoms with Crippen molar-refractivity contribution in [2.24, 2.45) is 0 Å². The molecule has 0 saturated carbocycles. The minimum Gasteiger partial charge on any atom is -0.305 e. The summed E-state index contributed by atoms with van der Waals surface area (Å²) in [6, 6.07) is 36.2. The van der Waals surface area contributed by atoms with E-state index in [1.54, 1.807) is 0 Å². The molecule has 42 heavy (non-hydrogen) atoms. The maximum atomic E-state index is 4.66. The number of aryl methyl sites for hydroxylation is 1. The number of nitrogens with zero attached hydrogens (tertiary/aromatic N) is 2. The maximum absolute atomic E-state index is 4.66. The van der Waals surface area contributed by atoms with Gasteiger partial charge in [0.2, 0.25) is 0 Å². The third-order valence-corrected chi connectivity index (χ3v) is 8.35. The van der Waals surface area contributed by atoms with Crippen LogP contribution in [0.25, 0.3) is 22.5 Å². The molecular weight excluding hydrogens is 689 g/mol. The molecule has 2 nitrogen and oxygen atoms in total. The summed E-state index contributed by atoms with van der Waals surface area (Å²) in [5, 5.41) is 0. The molecule has 0 aliphatic heterocycles. The van der Waals surface area contributed by atoms with Crippen LogP contribution < -0.4 is 0 Å². The van der Waals surface area contributed by atoms with Crippen molar-refractivity contribution in [3.63, 3.8) is 0 Å². The van der Waals surface area contributed by atoms with Gasteiger partial charge in [-0.2, -0.15) is 0 Å². The number of fused-ring (bicyclic) bond motifs is 2. The van der Waals surface area contributed by atoms with Crippen LogP contribution in [-0.4, -0.2) is 9.97 Å². The molecule has 0 bridgehead atoms. The number of hydrogen-bond donors (Lipinski definition) is 0. The fourth-order valence-corrected chi connectivity index (χ4v) is 5.99. The van der Waals surface area contributed by atoms with E-state index in [2.05, 4.69) is 132 Å². The summed E-state index contributed by atoms with van der Waals surface area (Å²) in [5.41, 5.74) is 12.3. The van der Waals surface area contributed by atoms with E-state index in [9.17, 15) is 0 Å². The molecule has 3 aromatic carbocycles. The third kappa shape index (κ3) is 6.05. The zero-order chi connectivity index (χ0) is 29.4. The van der Waals surface area contributed by atoms with Crippen molar-refractivity contribution in [3.05, 3.63) is 143 Å². The number of aromatic nitrogens is 2. The third-order valence-electron chi connectivity index (χ3n) is 8.35. The molecule has 0 saturated heterocycles. The van der Waals surface area contributed by atoms with E-state index in [0.29, 0.717) is 0 Å². The molecule has 0 amide bonds. The fourth-order valence-electron chi connectivity index (χ4n) is 5.99. The molecule has 0 unspecified atom stereocenters. The smallest absolute Gasteiger partial charge is 0.0163 e. The number of rotatable bonds is 2. The second-order valence-electron chi connectivity index (χ2n) is 13.1. The molecule has 6 rings (SSSR count). The molecular formula is C39H40IrN2-2. The molecule has 0 N–H and O–H groups in total. The first-order valence-electron chi connectivity index (χ1n) is 14.4. The molecule has 1 radical (unpaired) electrons. The largest absolute Gasteiger partial charge is 0.305 e. The van der Waals surface area contributed by atoms with Crippen LogP contribution in [-0.2, 0) is 36.4 Å². The molecule has 0 atom stereocenters. The summed E-state index contributed by atoms with van der Waals surface area (Å²) in [7, 11) is 0. The van der Waals surface area contributed by atoms with Crippen LogP contribution in [0.1, 0.15) is 81.8 Å². The van der Waals surface area contributed by atoms with Crippen LogP contribution in [0.5, 0.6) is 0 Å². The first-order valence-corrected chi connectivity index (χ1v) is 14.4. The summed E-state index contributed by atoms with van der Waals surface area (Å²) in [6.45, 7) is 18.0. The van der Waals surface area contributed by atoms with Gasteiger partial charge in [0.1, 0.15) is 0 Å². The van der Waals surface area contributed by atoms with Gasteiger partial charge in [-0.05, 0) is 63.4 Å². The van der Waals surface area contributed by atoms with Gasteiger partial charge in [0.15, 0.2) is 0 Å². The van der Waals surface area contributed by atoms with Gasteiger partial charge in [-0.25, -0.2) is 0 Å².